The van der Waals surface area contributed by atoms with Gasteiger partial charge in [-0.15, -0.1) is 0 Å². The Morgan fingerprint density at radius 1 is 1.10 bits per heavy atom. The van der Waals surface area contributed by atoms with Gasteiger partial charge in [0.1, 0.15) is 0 Å². The third kappa shape index (κ3) is 3.66. The van der Waals surface area contributed by atoms with E-state index < -0.39 is 5.97 Å². The fourth-order valence-electron chi connectivity index (χ4n) is 7.98. The van der Waals surface area contributed by atoms with E-state index in [0.717, 1.165) is 18.3 Å². The Balaban J connectivity index is 1.51. The van der Waals surface area contributed by atoms with Crippen LogP contribution in [0.3, 0.4) is 0 Å². The third-order valence-corrected chi connectivity index (χ3v) is 10.2. The lowest BCUT2D eigenvalue weighted by Gasteiger charge is -2.57. The standard InChI is InChI=1S/C28H40O3/c1-17(19(3)26(30)31)6-7-18(2)23-10-11-24-22-9-8-20-16-21(29)12-14-27(20,4)25(22)13-15-28(23,24)5/h6-7,12,14,16-19,22-25H,8-11,13,15H2,1-5H3,(H,30,31)/t17-,18+,19?,22-,23+,24-,25-,27-,28+/m0/s1. The average molecular weight is 425 g/mol. The number of hydrogen-bond donors (Lipinski definition) is 1. The molecule has 0 amide bonds. The minimum atomic E-state index is -0.714. The van der Waals surface area contributed by atoms with E-state index >= 15 is 0 Å². The van der Waals surface area contributed by atoms with Crippen molar-refractivity contribution in [1.82, 2.24) is 0 Å². The highest BCUT2D eigenvalue weighted by molar-refractivity contribution is 6.01. The van der Waals surface area contributed by atoms with Crippen LogP contribution in [0.25, 0.3) is 0 Å². The molecule has 31 heavy (non-hydrogen) atoms. The zero-order valence-electron chi connectivity index (χ0n) is 19.9. The molecular weight excluding hydrogens is 384 g/mol. The second-order valence-corrected chi connectivity index (χ2v) is 11.6. The summed E-state index contributed by atoms with van der Waals surface area (Å²) < 4.78 is 0. The smallest absolute Gasteiger partial charge is 0.306 e. The Hall–Kier alpha value is -1.64. The predicted octanol–water partition coefficient (Wildman–Crippen LogP) is 6.46. The normalized spacial score (nSPS) is 42.4. The molecule has 0 saturated heterocycles. The van der Waals surface area contributed by atoms with E-state index in [1.54, 1.807) is 6.92 Å². The number of carboxylic acid groups (broad SMARTS) is 1. The van der Waals surface area contributed by atoms with Gasteiger partial charge in [-0.05, 0) is 91.6 Å². The van der Waals surface area contributed by atoms with Crippen LogP contribution in [0.15, 0.2) is 36.0 Å². The van der Waals surface area contributed by atoms with Crippen LogP contribution in [0.5, 0.6) is 0 Å². The van der Waals surface area contributed by atoms with E-state index in [9.17, 15) is 14.7 Å². The van der Waals surface area contributed by atoms with Crippen molar-refractivity contribution in [3.63, 3.8) is 0 Å². The second kappa shape index (κ2) is 8.05. The van der Waals surface area contributed by atoms with Crippen molar-refractivity contribution < 1.29 is 14.7 Å². The van der Waals surface area contributed by atoms with Gasteiger partial charge < -0.3 is 5.11 Å². The first-order valence-electron chi connectivity index (χ1n) is 12.4. The van der Waals surface area contributed by atoms with Crippen molar-refractivity contribution in [3.05, 3.63) is 36.0 Å². The van der Waals surface area contributed by atoms with Crippen LogP contribution < -0.4 is 0 Å². The van der Waals surface area contributed by atoms with Gasteiger partial charge in [0.15, 0.2) is 5.78 Å². The van der Waals surface area contributed by atoms with Gasteiger partial charge in [-0.1, -0.05) is 58.4 Å². The number of hydrogen-bond acceptors (Lipinski definition) is 2. The summed E-state index contributed by atoms with van der Waals surface area (Å²) in [6, 6.07) is 0. The van der Waals surface area contributed by atoms with Crippen molar-refractivity contribution in [3.8, 4) is 0 Å². The zero-order valence-corrected chi connectivity index (χ0v) is 19.9. The SMILES string of the molecule is CC(C(=O)O)[C@@H](C)C=C[C@@H](C)[C@H]1CC[C@H]2[C@@H]3CCC4=CC(=O)C=C[C@]4(C)[C@H]3CC[C@]12C. The molecule has 3 heteroatoms. The van der Waals surface area contributed by atoms with E-state index in [-0.39, 0.29) is 23.0 Å². The summed E-state index contributed by atoms with van der Waals surface area (Å²) in [5.74, 6) is 2.52. The lowest BCUT2D eigenvalue weighted by molar-refractivity contribution is -0.142. The molecule has 4 aliphatic carbocycles. The summed E-state index contributed by atoms with van der Waals surface area (Å²) in [5.41, 5.74) is 1.82. The van der Waals surface area contributed by atoms with Gasteiger partial charge in [0.25, 0.3) is 0 Å². The first-order chi connectivity index (χ1) is 14.6. The molecule has 0 bridgehead atoms. The van der Waals surface area contributed by atoms with Crippen molar-refractivity contribution in [2.24, 2.45) is 52.3 Å². The number of ketones is 1. The Kier molecular flexibility index (Phi) is 5.85. The maximum absolute atomic E-state index is 12.0. The molecule has 1 unspecified atom stereocenters. The van der Waals surface area contributed by atoms with Gasteiger partial charge >= 0.3 is 5.97 Å². The van der Waals surface area contributed by atoms with Crippen molar-refractivity contribution in [2.75, 3.05) is 0 Å². The van der Waals surface area contributed by atoms with E-state index in [1.807, 2.05) is 19.1 Å². The molecule has 0 aromatic heterocycles. The molecule has 0 aliphatic heterocycles. The lowest BCUT2D eigenvalue weighted by atomic mass is 9.47. The zero-order chi connectivity index (χ0) is 22.6. The molecule has 0 radical (unpaired) electrons. The van der Waals surface area contributed by atoms with Crippen molar-refractivity contribution >= 4 is 11.8 Å². The van der Waals surface area contributed by atoms with Gasteiger partial charge in [0.05, 0.1) is 5.92 Å². The first-order valence-corrected chi connectivity index (χ1v) is 12.4. The Morgan fingerprint density at radius 3 is 2.55 bits per heavy atom. The van der Waals surface area contributed by atoms with Crippen LogP contribution >= 0.6 is 0 Å². The van der Waals surface area contributed by atoms with Crippen LogP contribution in [0.4, 0.5) is 0 Å². The molecule has 3 fully saturated rings. The second-order valence-electron chi connectivity index (χ2n) is 11.6. The number of carbonyl (C=O) groups is 2. The van der Waals surface area contributed by atoms with Crippen LogP contribution in [0.1, 0.15) is 73.1 Å². The lowest BCUT2D eigenvalue weighted by Crippen LogP contribution is -2.50. The Morgan fingerprint density at radius 2 is 1.84 bits per heavy atom. The molecule has 4 rings (SSSR count). The molecule has 3 saturated carbocycles. The third-order valence-electron chi connectivity index (χ3n) is 10.2. The molecule has 170 valence electrons. The summed E-state index contributed by atoms with van der Waals surface area (Å²) in [6.07, 6.45) is 17.9. The van der Waals surface area contributed by atoms with Crippen molar-refractivity contribution in [2.45, 2.75) is 73.1 Å². The van der Waals surface area contributed by atoms with Crippen LogP contribution in [-0.2, 0) is 9.59 Å². The summed E-state index contributed by atoms with van der Waals surface area (Å²) >= 11 is 0. The Labute approximate surface area is 188 Å². The molecular formula is C28H40O3. The molecule has 0 aromatic rings. The summed E-state index contributed by atoms with van der Waals surface area (Å²) in [6.45, 7) is 11.1. The largest absolute Gasteiger partial charge is 0.481 e. The monoisotopic (exact) mass is 424 g/mol. The predicted molar refractivity (Wildman–Crippen MR) is 124 cm³/mol. The quantitative estimate of drug-likeness (QED) is 0.515. The Bertz CT molecular complexity index is 835. The summed E-state index contributed by atoms with van der Waals surface area (Å²) in [7, 11) is 0. The van der Waals surface area contributed by atoms with E-state index in [4.69, 9.17) is 0 Å². The maximum atomic E-state index is 12.0. The van der Waals surface area contributed by atoms with E-state index in [1.165, 1.54) is 37.7 Å². The summed E-state index contributed by atoms with van der Waals surface area (Å²) in [5, 5.41) is 9.29. The number of fused-ring (bicyclic) bond motifs is 5. The van der Waals surface area contributed by atoms with Gasteiger partial charge in [-0.25, -0.2) is 0 Å². The molecule has 3 nitrogen and oxygen atoms in total. The molecule has 0 spiro atoms. The highest BCUT2D eigenvalue weighted by Crippen LogP contribution is 2.67. The fourth-order valence-corrected chi connectivity index (χ4v) is 7.98. The highest BCUT2D eigenvalue weighted by Gasteiger charge is 2.58. The highest BCUT2D eigenvalue weighted by atomic mass is 16.4. The summed E-state index contributed by atoms with van der Waals surface area (Å²) in [4.78, 5) is 23.3. The van der Waals surface area contributed by atoms with E-state index in [2.05, 4.69) is 39.0 Å². The van der Waals surface area contributed by atoms with Crippen molar-refractivity contribution in [1.29, 1.82) is 0 Å². The number of allylic oxidation sites excluding steroid dienone is 6. The van der Waals surface area contributed by atoms with E-state index in [0.29, 0.717) is 23.2 Å². The minimum absolute atomic E-state index is 0.0602. The van der Waals surface area contributed by atoms with Crippen LogP contribution in [0, 0.1) is 52.3 Å². The van der Waals surface area contributed by atoms with Crippen LogP contribution in [-0.4, -0.2) is 16.9 Å². The fraction of sp³-hybridized carbons (Fsp3) is 0.714. The number of carbonyl (C=O) groups excluding carboxylic acids is 1. The molecule has 4 aliphatic rings. The molecule has 1 N–H and O–H groups in total. The number of carboxylic acids is 1. The first kappa shape index (κ1) is 22.6. The molecule has 9 atom stereocenters. The van der Waals surface area contributed by atoms with Crippen LogP contribution in [0.2, 0.25) is 0 Å². The maximum Gasteiger partial charge on any atom is 0.306 e. The topological polar surface area (TPSA) is 54.4 Å². The van der Waals surface area contributed by atoms with Gasteiger partial charge in [0.2, 0.25) is 0 Å². The molecule has 0 aromatic carbocycles. The number of rotatable bonds is 5. The average Bonchev–Trinajstić information content (AvgIpc) is 3.09. The minimum Gasteiger partial charge on any atom is -0.481 e. The van der Waals surface area contributed by atoms with Gasteiger partial charge in [-0.3, -0.25) is 9.59 Å². The van der Waals surface area contributed by atoms with Gasteiger partial charge in [0, 0.05) is 5.41 Å². The van der Waals surface area contributed by atoms with Gasteiger partial charge in [-0.2, -0.15) is 0 Å². The molecule has 0 heterocycles. The number of aliphatic carboxylic acids is 1.